The molecule has 4 nitrogen and oxygen atoms in total. The highest BCUT2D eigenvalue weighted by Gasteiger charge is 2.34. The molecule has 3 heterocycles. The molecule has 8 aromatic carbocycles. The van der Waals surface area contributed by atoms with Crippen LogP contribution in [0.5, 0.6) is 0 Å². The molecular weight excluding hydrogens is 721 g/mol. The van der Waals surface area contributed by atoms with Gasteiger partial charge in [0.2, 0.25) is 5.95 Å². The quantitative estimate of drug-likeness (QED) is 0.120. The lowest BCUT2D eigenvalue weighted by atomic mass is 10.1. The lowest BCUT2D eigenvalue weighted by Gasteiger charge is -2.29. The van der Waals surface area contributed by atoms with Crippen LogP contribution < -0.4 is 15.6 Å². The maximum atomic E-state index is 5.35. The summed E-state index contributed by atoms with van der Waals surface area (Å²) in [6.45, 7) is 2.49. The Labute approximate surface area is 338 Å². The van der Waals surface area contributed by atoms with E-state index in [2.05, 4.69) is 216 Å². The van der Waals surface area contributed by atoms with Gasteiger partial charge >= 0.3 is 0 Å². The summed E-state index contributed by atoms with van der Waals surface area (Å²) in [4.78, 5) is 10.7. The van der Waals surface area contributed by atoms with Crippen molar-refractivity contribution >= 4 is 67.2 Å². The van der Waals surface area contributed by atoms with Crippen LogP contribution in [-0.2, 0) is 0 Å². The van der Waals surface area contributed by atoms with E-state index in [1.807, 2.05) is 12.1 Å². The molecule has 58 heavy (non-hydrogen) atoms. The van der Waals surface area contributed by atoms with Crippen LogP contribution >= 0.6 is 0 Å². The van der Waals surface area contributed by atoms with Gasteiger partial charge in [-0.1, -0.05) is 176 Å². The average Bonchev–Trinajstić information content (AvgIpc) is 3.82. The molecule has 0 amide bonds. The second-order valence-electron chi connectivity index (χ2n) is 15.2. The van der Waals surface area contributed by atoms with Crippen molar-refractivity contribution in [2.45, 2.75) is 6.55 Å². The van der Waals surface area contributed by atoms with Crippen molar-refractivity contribution in [3.8, 4) is 34.2 Å². The molecule has 0 bridgehead atoms. The standard InChI is InChI=1S/C53H38N4Si/c1-58(40-22-10-4-11-23-40,41-24-12-5-13-25-41)42-31-33-52-46(35-42)45-34-39(56-49-28-16-14-26-43(49)44-27-15-17-29-50(44)56)30-32-51(45)57(52)53-54-47(37-18-6-2-7-19-37)36-48(55-53)38-20-8-3-9-21-38/h2-36H,1H3. The van der Waals surface area contributed by atoms with Gasteiger partial charge in [0.05, 0.1) is 33.5 Å². The van der Waals surface area contributed by atoms with Crippen molar-refractivity contribution in [3.05, 3.63) is 212 Å². The number of aromatic nitrogens is 4. The second kappa shape index (κ2) is 13.7. The summed E-state index contributed by atoms with van der Waals surface area (Å²) in [7, 11) is -2.44. The summed E-state index contributed by atoms with van der Waals surface area (Å²) in [5, 5.41) is 8.93. The monoisotopic (exact) mass is 758 g/mol. The summed E-state index contributed by atoms with van der Waals surface area (Å²) >= 11 is 0. The third-order valence-corrected chi connectivity index (χ3v) is 16.4. The number of hydrogen-bond acceptors (Lipinski definition) is 2. The van der Waals surface area contributed by atoms with Crippen LogP contribution in [0.15, 0.2) is 212 Å². The number of rotatable bonds is 7. The minimum absolute atomic E-state index is 0.642. The zero-order valence-electron chi connectivity index (χ0n) is 32.0. The molecule has 0 aliphatic carbocycles. The number of benzene rings is 8. The summed E-state index contributed by atoms with van der Waals surface area (Å²) in [6.07, 6.45) is 0. The fraction of sp³-hybridized carbons (Fsp3) is 0.0189. The van der Waals surface area contributed by atoms with Crippen LogP contribution in [0.2, 0.25) is 6.55 Å². The molecule has 5 heteroatoms. The fourth-order valence-electron chi connectivity index (χ4n) is 8.97. The zero-order chi connectivity index (χ0) is 38.6. The van der Waals surface area contributed by atoms with Crippen LogP contribution in [0.4, 0.5) is 0 Å². The minimum Gasteiger partial charge on any atom is -0.309 e. The molecule has 3 aromatic heterocycles. The van der Waals surface area contributed by atoms with E-state index in [0.29, 0.717) is 5.95 Å². The molecule has 0 fully saturated rings. The molecule has 11 aromatic rings. The molecule has 0 N–H and O–H groups in total. The van der Waals surface area contributed by atoms with E-state index in [1.54, 1.807) is 0 Å². The Balaban J connectivity index is 1.23. The number of para-hydroxylation sites is 2. The van der Waals surface area contributed by atoms with Gasteiger partial charge in [-0.3, -0.25) is 4.57 Å². The van der Waals surface area contributed by atoms with Crippen molar-refractivity contribution in [2.24, 2.45) is 0 Å². The van der Waals surface area contributed by atoms with Gasteiger partial charge in [-0.15, -0.1) is 0 Å². The van der Waals surface area contributed by atoms with Crippen LogP contribution in [0.1, 0.15) is 0 Å². The van der Waals surface area contributed by atoms with Crippen LogP contribution in [0, 0.1) is 0 Å². The maximum absolute atomic E-state index is 5.35. The maximum Gasteiger partial charge on any atom is 0.235 e. The van der Waals surface area contributed by atoms with Gasteiger partial charge in [-0.05, 0) is 58.0 Å². The van der Waals surface area contributed by atoms with Gasteiger partial charge in [-0.2, -0.15) is 0 Å². The fourth-order valence-corrected chi connectivity index (χ4v) is 12.5. The SMILES string of the molecule is C[Si](c1ccccc1)(c1ccccc1)c1ccc2c(c1)c1cc(-n3c4ccccc4c4ccccc43)ccc1n2-c1nc(-c2ccccc2)cc(-c2ccccc2)n1. The Morgan fingerprint density at radius 3 is 1.31 bits per heavy atom. The Hall–Kier alpha value is -7.34. The smallest absolute Gasteiger partial charge is 0.235 e. The van der Waals surface area contributed by atoms with Gasteiger partial charge in [0, 0.05) is 38.4 Å². The summed E-state index contributed by atoms with van der Waals surface area (Å²) in [6, 6.07) is 76.6. The van der Waals surface area contributed by atoms with Gasteiger partial charge in [0.25, 0.3) is 0 Å². The first-order valence-corrected chi connectivity index (χ1v) is 22.3. The Morgan fingerprint density at radius 1 is 0.345 bits per heavy atom. The molecule has 0 unspecified atom stereocenters. The molecule has 0 saturated heterocycles. The van der Waals surface area contributed by atoms with Gasteiger partial charge in [0.1, 0.15) is 8.07 Å². The van der Waals surface area contributed by atoms with Crippen molar-refractivity contribution < 1.29 is 0 Å². The lowest BCUT2D eigenvalue weighted by molar-refractivity contribution is 0.995. The molecular formula is C53H38N4Si. The molecule has 0 saturated carbocycles. The van der Waals surface area contributed by atoms with Crippen molar-refractivity contribution in [3.63, 3.8) is 0 Å². The highest BCUT2D eigenvalue weighted by atomic mass is 28.3. The zero-order valence-corrected chi connectivity index (χ0v) is 33.0. The average molecular weight is 759 g/mol. The second-order valence-corrected chi connectivity index (χ2v) is 19.1. The van der Waals surface area contributed by atoms with E-state index >= 15 is 0 Å². The summed E-state index contributed by atoms with van der Waals surface area (Å²) in [5.41, 5.74) is 9.48. The first kappa shape index (κ1) is 33.9. The van der Waals surface area contributed by atoms with Gasteiger partial charge in [-0.25, -0.2) is 9.97 Å². The Kier molecular flexibility index (Phi) is 8.02. The van der Waals surface area contributed by atoms with Crippen molar-refractivity contribution in [1.29, 1.82) is 0 Å². The van der Waals surface area contributed by atoms with E-state index in [1.165, 1.54) is 42.8 Å². The van der Waals surface area contributed by atoms with Crippen LogP contribution in [-0.4, -0.2) is 27.2 Å². The van der Waals surface area contributed by atoms with E-state index in [0.717, 1.165) is 44.6 Å². The van der Waals surface area contributed by atoms with E-state index in [-0.39, 0.29) is 0 Å². The molecule has 0 radical (unpaired) electrons. The van der Waals surface area contributed by atoms with Crippen molar-refractivity contribution in [2.75, 3.05) is 0 Å². The van der Waals surface area contributed by atoms with E-state index in [4.69, 9.17) is 9.97 Å². The highest BCUT2D eigenvalue weighted by molar-refractivity contribution is 7.10. The normalized spacial score (nSPS) is 11.9. The third kappa shape index (κ3) is 5.43. The molecule has 274 valence electrons. The predicted octanol–water partition coefficient (Wildman–Crippen LogP) is 11.1. The number of fused-ring (bicyclic) bond motifs is 6. The summed E-state index contributed by atoms with van der Waals surface area (Å²) in [5.74, 6) is 0.642. The molecule has 11 rings (SSSR count). The Bertz CT molecular complexity index is 3130. The lowest BCUT2D eigenvalue weighted by Crippen LogP contribution is -2.64. The molecule has 0 atom stereocenters. The van der Waals surface area contributed by atoms with E-state index < -0.39 is 8.07 Å². The third-order valence-electron chi connectivity index (χ3n) is 11.9. The highest BCUT2D eigenvalue weighted by Crippen LogP contribution is 2.37. The Morgan fingerprint density at radius 2 is 0.776 bits per heavy atom. The molecule has 0 spiro atoms. The summed E-state index contributed by atoms with van der Waals surface area (Å²) < 4.78 is 4.68. The van der Waals surface area contributed by atoms with Crippen molar-refractivity contribution in [1.82, 2.24) is 19.1 Å². The number of hydrogen-bond donors (Lipinski definition) is 0. The van der Waals surface area contributed by atoms with Gasteiger partial charge in [0.15, 0.2) is 0 Å². The largest absolute Gasteiger partial charge is 0.309 e. The number of nitrogens with zero attached hydrogens (tertiary/aromatic N) is 4. The van der Waals surface area contributed by atoms with Gasteiger partial charge < -0.3 is 4.57 Å². The minimum atomic E-state index is -2.44. The topological polar surface area (TPSA) is 35.6 Å². The van der Waals surface area contributed by atoms with Crippen LogP contribution in [0.25, 0.3) is 77.8 Å². The molecule has 0 aliphatic heterocycles. The van der Waals surface area contributed by atoms with Crippen LogP contribution in [0.3, 0.4) is 0 Å². The van der Waals surface area contributed by atoms with E-state index in [9.17, 15) is 0 Å². The first-order chi connectivity index (χ1) is 28.6. The first-order valence-electron chi connectivity index (χ1n) is 19.8. The predicted molar refractivity (Wildman–Crippen MR) is 245 cm³/mol. The molecule has 0 aliphatic rings.